The molecule has 0 radical (unpaired) electrons. The number of carboxylic acids is 1. The second kappa shape index (κ2) is 7.33. The Kier molecular flexibility index (Phi) is 8.40. The first kappa shape index (κ1) is 18.3. The van der Waals surface area contributed by atoms with Crippen molar-refractivity contribution in [2.45, 2.75) is 38.9 Å². The number of hydrogen-bond donors (Lipinski definition) is 1. The van der Waals surface area contributed by atoms with Gasteiger partial charge in [0, 0.05) is 25.2 Å². The Balaban J connectivity index is 0. The van der Waals surface area contributed by atoms with Crippen LogP contribution in [0.1, 0.15) is 20.8 Å². The molecule has 98 valence electrons. The maximum atomic E-state index is 10.8. The lowest BCUT2D eigenvalue weighted by Gasteiger charge is -2.43. The molecule has 16 heavy (non-hydrogen) atoms. The van der Waals surface area contributed by atoms with Crippen LogP contribution in [0.3, 0.4) is 0 Å². The molecule has 0 aromatic rings. The van der Waals surface area contributed by atoms with Crippen LogP contribution in [0.15, 0.2) is 0 Å². The number of halogens is 2. The topological polar surface area (TPSA) is 43.8 Å². The van der Waals surface area contributed by atoms with E-state index in [1.165, 1.54) is 0 Å². The van der Waals surface area contributed by atoms with Crippen molar-refractivity contribution >= 4 is 30.8 Å². The molecule has 0 spiro atoms. The minimum absolute atomic E-state index is 0. The summed E-state index contributed by atoms with van der Waals surface area (Å²) in [6.45, 7) is 7.71. The fraction of sp³-hybridized carbons (Fsp3) is 0.900. The Morgan fingerprint density at radius 1 is 1.25 bits per heavy atom. The number of carbonyl (C=O) groups is 1. The molecule has 0 bridgehead atoms. The molecule has 1 fully saturated rings. The van der Waals surface area contributed by atoms with E-state index in [2.05, 4.69) is 25.8 Å². The molecular formula is C10H22Cl2N2O2. The van der Waals surface area contributed by atoms with Crippen molar-refractivity contribution in [3.63, 3.8) is 0 Å². The summed E-state index contributed by atoms with van der Waals surface area (Å²) in [7, 11) is 2.10. The van der Waals surface area contributed by atoms with Crippen LogP contribution in [0, 0.1) is 0 Å². The fourth-order valence-corrected chi connectivity index (χ4v) is 1.92. The molecule has 1 N–H and O–H groups in total. The molecule has 0 amide bonds. The van der Waals surface area contributed by atoms with E-state index in [0.29, 0.717) is 12.1 Å². The molecule has 1 saturated heterocycles. The van der Waals surface area contributed by atoms with Crippen LogP contribution in [0.5, 0.6) is 0 Å². The molecule has 0 unspecified atom stereocenters. The summed E-state index contributed by atoms with van der Waals surface area (Å²) in [6, 6.07) is 0.495. The van der Waals surface area contributed by atoms with Crippen molar-refractivity contribution in [3.05, 3.63) is 0 Å². The first-order valence-corrected chi connectivity index (χ1v) is 5.12. The quantitative estimate of drug-likeness (QED) is 0.824. The van der Waals surface area contributed by atoms with Gasteiger partial charge in [-0.25, -0.2) is 0 Å². The third-order valence-corrected chi connectivity index (χ3v) is 3.29. The monoisotopic (exact) mass is 272 g/mol. The van der Waals surface area contributed by atoms with Crippen LogP contribution in [-0.4, -0.2) is 59.1 Å². The highest BCUT2D eigenvalue weighted by Crippen LogP contribution is 2.15. The Labute approximate surface area is 110 Å². The second-order valence-corrected chi connectivity index (χ2v) is 4.33. The predicted molar refractivity (Wildman–Crippen MR) is 69.9 cm³/mol. The van der Waals surface area contributed by atoms with Gasteiger partial charge in [0.1, 0.15) is 6.04 Å². The van der Waals surface area contributed by atoms with Crippen LogP contribution in [0.4, 0.5) is 0 Å². The number of nitrogens with zero attached hydrogens (tertiary/aromatic N) is 2. The fourth-order valence-electron chi connectivity index (χ4n) is 1.92. The minimum Gasteiger partial charge on any atom is -0.480 e. The van der Waals surface area contributed by atoms with Crippen LogP contribution in [0.2, 0.25) is 0 Å². The van der Waals surface area contributed by atoms with Crippen LogP contribution in [0.25, 0.3) is 0 Å². The van der Waals surface area contributed by atoms with Gasteiger partial charge in [-0.2, -0.15) is 0 Å². The van der Waals surface area contributed by atoms with Gasteiger partial charge >= 0.3 is 5.97 Å². The lowest BCUT2D eigenvalue weighted by Crippen LogP contribution is -2.58. The van der Waals surface area contributed by atoms with Gasteiger partial charge < -0.3 is 5.11 Å². The smallest absolute Gasteiger partial charge is 0.320 e. The summed E-state index contributed by atoms with van der Waals surface area (Å²) in [5, 5.41) is 8.92. The van der Waals surface area contributed by atoms with Gasteiger partial charge in [-0.15, -0.1) is 24.8 Å². The van der Waals surface area contributed by atoms with Gasteiger partial charge in [-0.3, -0.25) is 14.6 Å². The highest BCUT2D eigenvalue weighted by Gasteiger charge is 2.31. The van der Waals surface area contributed by atoms with Crippen LogP contribution >= 0.6 is 24.8 Å². The SMILES string of the molecule is C[C@H](C(=O)O)N1C[C@H](C)N(C)[C@@H](C)C1.Cl.Cl. The Hall–Kier alpha value is -0.0300. The molecule has 0 aliphatic carbocycles. The third-order valence-electron chi connectivity index (χ3n) is 3.29. The molecule has 3 atom stereocenters. The molecule has 0 aromatic heterocycles. The predicted octanol–water partition coefficient (Wildman–Crippen LogP) is 1.33. The number of rotatable bonds is 2. The molecule has 1 rings (SSSR count). The number of piperazine rings is 1. The lowest BCUT2D eigenvalue weighted by atomic mass is 10.1. The van der Waals surface area contributed by atoms with Gasteiger partial charge in [0.2, 0.25) is 0 Å². The van der Waals surface area contributed by atoms with E-state index in [1.54, 1.807) is 6.92 Å². The van der Waals surface area contributed by atoms with Gasteiger partial charge in [-0.05, 0) is 27.8 Å². The number of aliphatic carboxylic acids is 1. The molecule has 6 heteroatoms. The lowest BCUT2D eigenvalue weighted by molar-refractivity contribution is -0.144. The highest BCUT2D eigenvalue weighted by atomic mass is 35.5. The van der Waals surface area contributed by atoms with Crippen molar-refractivity contribution in [3.8, 4) is 0 Å². The zero-order valence-electron chi connectivity index (χ0n) is 10.2. The average Bonchev–Trinajstić information content (AvgIpc) is 2.12. The third kappa shape index (κ3) is 4.09. The summed E-state index contributed by atoms with van der Waals surface area (Å²) < 4.78 is 0. The van der Waals surface area contributed by atoms with Crippen molar-refractivity contribution in [2.24, 2.45) is 0 Å². The Morgan fingerprint density at radius 2 is 1.62 bits per heavy atom. The van der Waals surface area contributed by atoms with E-state index in [-0.39, 0.29) is 30.9 Å². The normalized spacial score (nSPS) is 28.8. The van der Waals surface area contributed by atoms with E-state index in [1.807, 2.05) is 4.90 Å². The van der Waals surface area contributed by atoms with Gasteiger partial charge in [0.25, 0.3) is 0 Å². The largest absolute Gasteiger partial charge is 0.480 e. The summed E-state index contributed by atoms with van der Waals surface area (Å²) in [5.74, 6) is -0.728. The van der Waals surface area contributed by atoms with E-state index in [0.717, 1.165) is 13.1 Å². The maximum absolute atomic E-state index is 10.8. The Morgan fingerprint density at radius 3 is 1.94 bits per heavy atom. The van der Waals surface area contributed by atoms with Crippen LogP contribution in [-0.2, 0) is 4.79 Å². The zero-order chi connectivity index (χ0) is 10.9. The second-order valence-electron chi connectivity index (χ2n) is 4.33. The zero-order valence-corrected chi connectivity index (χ0v) is 11.8. The summed E-state index contributed by atoms with van der Waals surface area (Å²) in [6.07, 6.45) is 0. The molecule has 1 heterocycles. The average molecular weight is 273 g/mol. The number of carboxylic acid groups (broad SMARTS) is 1. The van der Waals surface area contributed by atoms with Gasteiger partial charge in [-0.1, -0.05) is 0 Å². The van der Waals surface area contributed by atoms with Gasteiger partial charge in [0.15, 0.2) is 0 Å². The van der Waals surface area contributed by atoms with E-state index in [4.69, 9.17) is 5.11 Å². The standard InChI is InChI=1S/C10H20N2O2.2ClH/c1-7-5-12(9(3)10(13)14)6-8(2)11(7)4;;/h7-9H,5-6H2,1-4H3,(H,13,14);2*1H/t7-,8-,9+;;/m0../s1. The van der Waals surface area contributed by atoms with E-state index in [9.17, 15) is 4.79 Å². The van der Waals surface area contributed by atoms with Crippen molar-refractivity contribution < 1.29 is 9.90 Å². The van der Waals surface area contributed by atoms with Crippen molar-refractivity contribution in [1.82, 2.24) is 9.80 Å². The maximum Gasteiger partial charge on any atom is 0.320 e. The van der Waals surface area contributed by atoms with E-state index >= 15 is 0 Å². The molecule has 4 nitrogen and oxygen atoms in total. The molecule has 1 aliphatic heterocycles. The Bertz CT molecular complexity index is 217. The molecular weight excluding hydrogens is 251 g/mol. The van der Waals surface area contributed by atoms with Crippen molar-refractivity contribution in [1.29, 1.82) is 0 Å². The minimum atomic E-state index is -0.728. The van der Waals surface area contributed by atoms with Crippen LogP contribution < -0.4 is 0 Å². The van der Waals surface area contributed by atoms with Crippen molar-refractivity contribution in [2.75, 3.05) is 20.1 Å². The number of hydrogen-bond acceptors (Lipinski definition) is 3. The first-order valence-electron chi connectivity index (χ1n) is 5.12. The first-order chi connectivity index (χ1) is 6.43. The molecule has 0 saturated carbocycles. The summed E-state index contributed by atoms with van der Waals surface area (Å²) in [5.41, 5.74) is 0. The van der Waals surface area contributed by atoms with Gasteiger partial charge in [0.05, 0.1) is 0 Å². The van der Waals surface area contributed by atoms with E-state index < -0.39 is 5.97 Å². The summed E-state index contributed by atoms with van der Waals surface area (Å²) >= 11 is 0. The summed E-state index contributed by atoms with van der Waals surface area (Å²) in [4.78, 5) is 15.2. The number of likely N-dealkylation sites (N-methyl/N-ethyl adjacent to an activating group) is 1. The molecule has 0 aromatic carbocycles. The highest BCUT2D eigenvalue weighted by molar-refractivity contribution is 5.85. The molecule has 1 aliphatic rings.